The van der Waals surface area contributed by atoms with Crippen LogP contribution in [0.4, 0.5) is 5.69 Å². The number of aliphatic hydroxyl groups is 3. The molecule has 0 bridgehead atoms. The van der Waals surface area contributed by atoms with Gasteiger partial charge >= 0.3 is 0 Å². The van der Waals surface area contributed by atoms with Crippen LogP contribution in [0.25, 0.3) is 10.6 Å². The number of benzene rings is 1. The minimum absolute atomic E-state index is 0.0741. The van der Waals surface area contributed by atoms with Crippen LogP contribution in [0, 0.1) is 0 Å². The average molecular weight is 280 g/mol. The van der Waals surface area contributed by atoms with E-state index >= 15 is 0 Å². The Kier molecular flexibility index (Phi) is 4.86. The summed E-state index contributed by atoms with van der Waals surface area (Å²) in [5.41, 5.74) is 2.40. The lowest BCUT2D eigenvalue weighted by atomic mass is 10.2. The molecule has 1 aromatic heterocycles. The van der Waals surface area contributed by atoms with Gasteiger partial charge in [-0.25, -0.2) is 4.98 Å². The van der Waals surface area contributed by atoms with E-state index in [1.54, 1.807) is 0 Å². The van der Waals surface area contributed by atoms with Gasteiger partial charge in [0.05, 0.1) is 25.0 Å². The van der Waals surface area contributed by atoms with Gasteiger partial charge in [-0.2, -0.15) is 0 Å². The highest BCUT2D eigenvalue weighted by Gasteiger charge is 2.10. The molecule has 1 heterocycles. The maximum absolute atomic E-state index is 9.36. The Labute approximate surface area is 115 Å². The van der Waals surface area contributed by atoms with E-state index in [9.17, 15) is 5.11 Å². The first-order valence-corrected chi connectivity index (χ1v) is 6.80. The summed E-state index contributed by atoms with van der Waals surface area (Å²) >= 11 is 1.46. The molecule has 0 aliphatic heterocycles. The van der Waals surface area contributed by atoms with Crippen molar-refractivity contribution in [3.05, 3.63) is 35.3 Å². The van der Waals surface area contributed by atoms with Gasteiger partial charge in [0.1, 0.15) is 5.01 Å². The summed E-state index contributed by atoms with van der Waals surface area (Å²) in [6.07, 6.45) is -0.794. The number of thiazole rings is 1. The van der Waals surface area contributed by atoms with Gasteiger partial charge < -0.3 is 20.6 Å². The maximum atomic E-state index is 9.36. The molecular formula is C13H16N2O3S. The Morgan fingerprint density at radius 2 is 2.05 bits per heavy atom. The molecule has 4 N–H and O–H groups in total. The lowest BCUT2D eigenvalue weighted by Gasteiger charge is -2.12. The lowest BCUT2D eigenvalue weighted by molar-refractivity contribution is 0.105. The van der Waals surface area contributed by atoms with Crippen LogP contribution in [0.3, 0.4) is 0 Å². The van der Waals surface area contributed by atoms with Gasteiger partial charge in [-0.15, -0.1) is 11.3 Å². The molecule has 0 saturated heterocycles. The van der Waals surface area contributed by atoms with Crippen LogP contribution in [0.5, 0.6) is 0 Å². The van der Waals surface area contributed by atoms with Crippen molar-refractivity contribution in [2.24, 2.45) is 0 Å². The smallest absolute Gasteiger partial charge is 0.125 e. The summed E-state index contributed by atoms with van der Waals surface area (Å²) < 4.78 is 0. The molecule has 0 aliphatic carbocycles. The number of para-hydroxylation sites is 1. The molecule has 1 aromatic carbocycles. The van der Waals surface area contributed by atoms with Crippen LogP contribution >= 0.6 is 11.3 Å². The molecule has 0 fully saturated rings. The molecule has 0 spiro atoms. The highest BCUT2D eigenvalue weighted by atomic mass is 32.1. The van der Waals surface area contributed by atoms with E-state index in [2.05, 4.69) is 10.3 Å². The molecule has 0 amide bonds. The quantitative estimate of drug-likeness (QED) is 0.636. The zero-order valence-electron chi connectivity index (χ0n) is 10.3. The van der Waals surface area contributed by atoms with Gasteiger partial charge in [-0.05, 0) is 12.1 Å². The predicted molar refractivity (Wildman–Crippen MR) is 75.1 cm³/mol. The largest absolute Gasteiger partial charge is 0.394 e. The highest BCUT2D eigenvalue weighted by Crippen LogP contribution is 2.30. The van der Waals surface area contributed by atoms with Crippen molar-refractivity contribution in [3.63, 3.8) is 0 Å². The highest BCUT2D eigenvalue weighted by molar-refractivity contribution is 7.13. The second kappa shape index (κ2) is 6.63. The zero-order valence-corrected chi connectivity index (χ0v) is 11.1. The van der Waals surface area contributed by atoms with Crippen LogP contribution in [0.2, 0.25) is 0 Å². The molecule has 2 rings (SSSR count). The van der Waals surface area contributed by atoms with E-state index in [0.717, 1.165) is 16.3 Å². The second-order valence-corrected chi connectivity index (χ2v) is 4.92. The number of aliphatic hydroxyl groups excluding tert-OH is 3. The van der Waals surface area contributed by atoms with Gasteiger partial charge in [0.15, 0.2) is 0 Å². The summed E-state index contributed by atoms with van der Waals surface area (Å²) in [6.45, 7) is -0.0812. The molecule has 1 atom stereocenters. The van der Waals surface area contributed by atoms with Crippen molar-refractivity contribution in [3.8, 4) is 10.6 Å². The predicted octanol–water partition coefficient (Wildman–Crippen LogP) is 1.07. The van der Waals surface area contributed by atoms with Crippen molar-refractivity contribution in [1.82, 2.24) is 4.98 Å². The number of hydrogen-bond acceptors (Lipinski definition) is 6. The van der Waals surface area contributed by atoms with Crippen LogP contribution in [-0.4, -0.2) is 39.6 Å². The van der Waals surface area contributed by atoms with Crippen molar-refractivity contribution in [2.45, 2.75) is 12.7 Å². The van der Waals surface area contributed by atoms with E-state index in [1.807, 2.05) is 29.6 Å². The topological polar surface area (TPSA) is 85.6 Å². The summed E-state index contributed by atoms with van der Waals surface area (Å²) in [6, 6.07) is 7.60. The number of nitrogens with zero attached hydrogens (tertiary/aromatic N) is 1. The third-order valence-electron chi connectivity index (χ3n) is 2.61. The molecular weight excluding hydrogens is 264 g/mol. The Morgan fingerprint density at radius 3 is 2.74 bits per heavy atom. The molecule has 6 heteroatoms. The maximum Gasteiger partial charge on any atom is 0.125 e. The molecule has 1 unspecified atom stereocenters. The van der Waals surface area contributed by atoms with Gasteiger partial charge in [0.2, 0.25) is 0 Å². The van der Waals surface area contributed by atoms with E-state index in [4.69, 9.17) is 10.2 Å². The fraction of sp³-hybridized carbons (Fsp3) is 0.308. The zero-order chi connectivity index (χ0) is 13.7. The van der Waals surface area contributed by atoms with Crippen molar-refractivity contribution in [1.29, 1.82) is 0 Å². The van der Waals surface area contributed by atoms with E-state index in [0.29, 0.717) is 5.69 Å². The summed E-state index contributed by atoms with van der Waals surface area (Å²) in [4.78, 5) is 4.32. The molecule has 2 aromatic rings. The number of anilines is 1. The van der Waals surface area contributed by atoms with Gasteiger partial charge in [0, 0.05) is 23.2 Å². The van der Waals surface area contributed by atoms with Crippen molar-refractivity contribution >= 4 is 17.0 Å². The molecule has 0 aliphatic rings. The Morgan fingerprint density at radius 1 is 1.26 bits per heavy atom. The van der Waals surface area contributed by atoms with Gasteiger partial charge in [0.25, 0.3) is 0 Å². The monoisotopic (exact) mass is 280 g/mol. The van der Waals surface area contributed by atoms with Crippen LogP contribution in [-0.2, 0) is 6.61 Å². The standard InChI is InChI=1S/C13H16N2O3S/c16-6-9-8-19-13(15-9)11-3-1-2-4-12(11)14-5-10(18)7-17/h1-4,8,10,14,16-18H,5-7H2. The number of nitrogens with one attached hydrogen (secondary N) is 1. The van der Waals surface area contributed by atoms with Gasteiger partial charge in [-0.1, -0.05) is 12.1 Å². The van der Waals surface area contributed by atoms with Crippen molar-refractivity contribution in [2.75, 3.05) is 18.5 Å². The molecule has 102 valence electrons. The Hall–Kier alpha value is -1.47. The minimum atomic E-state index is -0.794. The molecule has 5 nitrogen and oxygen atoms in total. The van der Waals surface area contributed by atoms with E-state index in [1.165, 1.54) is 11.3 Å². The van der Waals surface area contributed by atoms with E-state index in [-0.39, 0.29) is 19.8 Å². The van der Waals surface area contributed by atoms with Crippen LogP contribution < -0.4 is 5.32 Å². The SMILES string of the molecule is OCc1csc(-c2ccccc2NCC(O)CO)n1. The Bertz CT molecular complexity index is 530. The molecule has 0 radical (unpaired) electrons. The normalized spacial score (nSPS) is 12.4. The van der Waals surface area contributed by atoms with Crippen LogP contribution in [0.1, 0.15) is 5.69 Å². The second-order valence-electron chi connectivity index (χ2n) is 4.06. The van der Waals surface area contributed by atoms with Gasteiger partial charge in [-0.3, -0.25) is 0 Å². The fourth-order valence-electron chi connectivity index (χ4n) is 1.62. The number of aromatic nitrogens is 1. The lowest BCUT2D eigenvalue weighted by Crippen LogP contribution is -2.23. The first-order chi connectivity index (χ1) is 9.24. The Balaban J connectivity index is 2.20. The van der Waals surface area contributed by atoms with Crippen LogP contribution in [0.15, 0.2) is 29.6 Å². The van der Waals surface area contributed by atoms with Crippen molar-refractivity contribution < 1.29 is 15.3 Å². The number of rotatable bonds is 6. The minimum Gasteiger partial charge on any atom is -0.394 e. The summed E-state index contributed by atoms with van der Waals surface area (Å²) in [5, 5.41) is 32.9. The van der Waals surface area contributed by atoms with E-state index < -0.39 is 6.10 Å². The third kappa shape index (κ3) is 3.51. The first kappa shape index (κ1) is 14.0. The fourth-order valence-corrected chi connectivity index (χ4v) is 2.47. The average Bonchev–Trinajstić information content (AvgIpc) is 2.93. The number of hydrogen-bond donors (Lipinski definition) is 4. The first-order valence-electron chi connectivity index (χ1n) is 5.92. The summed E-state index contributed by atoms with van der Waals surface area (Å²) in [7, 11) is 0. The molecule has 0 saturated carbocycles. The summed E-state index contributed by atoms with van der Waals surface area (Å²) in [5.74, 6) is 0. The third-order valence-corrected chi connectivity index (χ3v) is 3.53. The molecule has 19 heavy (non-hydrogen) atoms.